The lowest BCUT2D eigenvalue weighted by atomic mass is 10.2. The minimum atomic E-state index is -0.609. The Morgan fingerprint density at radius 3 is 2.07 bits per heavy atom. The summed E-state index contributed by atoms with van der Waals surface area (Å²) in [6.45, 7) is 0. The van der Waals surface area contributed by atoms with Crippen LogP contribution in [0.15, 0.2) is 18.2 Å². The van der Waals surface area contributed by atoms with E-state index < -0.39 is 5.91 Å². The SMILES string of the molecule is COc1cc(OC)cc(C(=O)NO)c1. The molecule has 1 amide bonds. The third-order valence-corrected chi connectivity index (χ3v) is 1.72. The van der Waals surface area contributed by atoms with Crippen LogP contribution >= 0.6 is 0 Å². The summed E-state index contributed by atoms with van der Waals surface area (Å²) in [6.07, 6.45) is 0. The zero-order valence-corrected chi connectivity index (χ0v) is 7.90. The number of carbonyl (C=O) groups is 1. The van der Waals surface area contributed by atoms with Crippen molar-refractivity contribution in [2.75, 3.05) is 14.2 Å². The molecule has 0 fully saturated rings. The fraction of sp³-hybridized carbons (Fsp3) is 0.222. The van der Waals surface area contributed by atoms with Crippen LogP contribution in [0, 0.1) is 0 Å². The molecule has 0 aromatic heterocycles. The second kappa shape index (κ2) is 4.48. The summed E-state index contributed by atoms with van der Waals surface area (Å²) >= 11 is 0. The molecule has 5 heteroatoms. The van der Waals surface area contributed by atoms with E-state index in [-0.39, 0.29) is 5.56 Å². The first kappa shape index (κ1) is 10.3. The van der Waals surface area contributed by atoms with Crippen molar-refractivity contribution in [3.8, 4) is 11.5 Å². The number of hydrogen-bond donors (Lipinski definition) is 2. The Hall–Kier alpha value is -1.75. The van der Waals surface area contributed by atoms with Crippen LogP contribution in [0.1, 0.15) is 10.4 Å². The Morgan fingerprint density at radius 2 is 1.71 bits per heavy atom. The molecule has 0 unspecified atom stereocenters. The number of nitrogens with one attached hydrogen (secondary N) is 1. The molecule has 0 saturated carbocycles. The third kappa shape index (κ3) is 2.14. The molecule has 0 spiro atoms. The second-order valence-electron chi connectivity index (χ2n) is 2.54. The Bertz CT molecular complexity index is 315. The first-order valence-corrected chi connectivity index (χ1v) is 3.88. The standard InChI is InChI=1S/C9H11NO4/c1-13-7-3-6(9(11)10-12)4-8(5-7)14-2/h3-5,12H,1-2H3,(H,10,11). The Balaban J connectivity index is 3.10. The molecule has 1 rings (SSSR count). The summed E-state index contributed by atoms with van der Waals surface area (Å²) in [5.41, 5.74) is 1.80. The molecule has 5 nitrogen and oxygen atoms in total. The number of ether oxygens (including phenoxy) is 2. The van der Waals surface area contributed by atoms with Crippen molar-refractivity contribution < 1.29 is 19.5 Å². The summed E-state index contributed by atoms with van der Waals surface area (Å²) in [5.74, 6) is 0.369. The summed E-state index contributed by atoms with van der Waals surface area (Å²) in [4.78, 5) is 11.1. The lowest BCUT2D eigenvalue weighted by Crippen LogP contribution is -2.18. The fourth-order valence-electron chi connectivity index (χ4n) is 1.00. The van der Waals surface area contributed by atoms with Crippen LogP contribution in [-0.2, 0) is 0 Å². The summed E-state index contributed by atoms with van der Waals surface area (Å²) < 4.78 is 9.90. The van der Waals surface area contributed by atoms with Crippen molar-refractivity contribution in [3.63, 3.8) is 0 Å². The van der Waals surface area contributed by atoms with E-state index >= 15 is 0 Å². The predicted molar refractivity (Wildman–Crippen MR) is 48.8 cm³/mol. The van der Waals surface area contributed by atoms with Gasteiger partial charge in [0, 0.05) is 11.6 Å². The van der Waals surface area contributed by atoms with Gasteiger partial charge in [-0.2, -0.15) is 0 Å². The number of benzene rings is 1. The first-order valence-electron chi connectivity index (χ1n) is 3.88. The minimum Gasteiger partial charge on any atom is -0.497 e. The average molecular weight is 197 g/mol. The van der Waals surface area contributed by atoms with Gasteiger partial charge in [0.1, 0.15) is 11.5 Å². The summed E-state index contributed by atoms with van der Waals surface area (Å²) in [5, 5.41) is 8.43. The van der Waals surface area contributed by atoms with E-state index in [0.29, 0.717) is 11.5 Å². The third-order valence-electron chi connectivity index (χ3n) is 1.72. The van der Waals surface area contributed by atoms with E-state index in [9.17, 15) is 4.79 Å². The molecule has 76 valence electrons. The average Bonchev–Trinajstić information content (AvgIpc) is 2.27. The quantitative estimate of drug-likeness (QED) is 0.556. The highest BCUT2D eigenvalue weighted by molar-refractivity contribution is 5.94. The second-order valence-corrected chi connectivity index (χ2v) is 2.54. The molecule has 0 heterocycles. The lowest BCUT2D eigenvalue weighted by molar-refractivity contribution is 0.0705. The Kier molecular flexibility index (Phi) is 3.30. The Morgan fingerprint density at radius 1 is 1.21 bits per heavy atom. The Labute approximate surface area is 81.2 Å². The van der Waals surface area contributed by atoms with Crippen molar-refractivity contribution >= 4 is 5.91 Å². The highest BCUT2D eigenvalue weighted by Gasteiger charge is 2.08. The highest BCUT2D eigenvalue weighted by Crippen LogP contribution is 2.22. The van der Waals surface area contributed by atoms with Crippen molar-refractivity contribution in [3.05, 3.63) is 23.8 Å². The molecule has 0 aliphatic heterocycles. The number of carbonyl (C=O) groups excluding carboxylic acids is 1. The van der Waals surface area contributed by atoms with Gasteiger partial charge in [-0.1, -0.05) is 0 Å². The van der Waals surface area contributed by atoms with Crippen LogP contribution in [0.3, 0.4) is 0 Å². The van der Waals surface area contributed by atoms with Crippen LogP contribution in [0.2, 0.25) is 0 Å². The highest BCUT2D eigenvalue weighted by atomic mass is 16.5. The van der Waals surface area contributed by atoms with Crippen LogP contribution in [0.5, 0.6) is 11.5 Å². The van der Waals surface area contributed by atoms with E-state index in [1.54, 1.807) is 6.07 Å². The maximum Gasteiger partial charge on any atom is 0.274 e. The molecule has 0 saturated heterocycles. The topological polar surface area (TPSA) is 67.8 Å². The summed E-state index contributed by atoms with van der Waals surface area (Å²) in [6, 6.07) is 4.62. The lowest BCUT2D eigenvalue weighted by Gasteiger charge is -2.06. The van der Waals surface area contributed by atoms with E-state index in [0.717, 1.165) is 0 Å². The molecule has 14 heavy (non-hydrogen) atoms. The van der Waals surface area contributed by atoms with Gasteiger partial charge in [0.15, 0.2) is 0 Å². The van der Waals surface area contributed by atoms with Crippen LogP contribution in [-0.4, -0.2) is 25.3 Å². The number of amides is 1. The predicted octanol–water partition coefficient (Wildman–Crippen LogP) is 0.823. The van der Waals surface area contributed by atoms with Crippen molar-refractivity contribution in [2.45, 2.75) is 0 Å². The minimum absolute atomic E-state index is 0.267. The molecule has 1 aromatic rings. The molecular weight excluding hydrogens is 186 g/mol. The molecule has 0 radical (unpaired) electrons. The van der Waals surface area contributed by atoms with Gasteiger partial charge in [-0.25, -0.2) is 5.48 Å². The van der Waals surface area contributed by atoms with Crippen molar-refractivity contribution in [1.82, 2.24) is 5.48 Å². The van der Waals surface area contributed by atoms with Crippen molar-refractivity contribution in [1.29, 1.82) is 0 Å². The number of rotatable bonds is 3. The van der Waals surface area contributed by atoms with Gasteiger partial charge in [-0.3, -0.25) is 10.0 Å². The molecule has 0 aliphatic carbocycles. The largest absolute Gasteiger partial charge is 0.497 e. The molecule has 0 aliphatic rings. The van der Waals surface area contributed by atoms with Gasteiger partial charge in [0.05, 0.1) is 14.2 Å². The molecule has 2 N–H and O–H groups in total. The van der Waals surface area contributed by atoms with Crippen LogP contribution < -0.4 is 15.0 Å². The smallest absolute Gasteiger partial charge is 0.274 e. The van der Waals surface area contributed by atoms with Crippen LogP contribution in [0.25, 0.3) is 0 Å². The normalized spacial score (nSPS) is 9.36. The molecule has 0 atom stereocenters. The van der Waals surface area contributed by atoms with E-state index in [1.807, 2.05) is 0 Å². The number of hydroxylamine groups is 1. The van der Waals surface area contributed by atoms with Gasteiger partial charge >= 0.3 is 0 Å². The van der Waals surface area contributed by atoms with Gasteiger partial charge in [-0.05, 0) is 12.1 Å². The van der Waals surface area contributed by atoms with Gasteiger partial charge in [0.25, 0.3) is 5.91 Å². The number of methoxy groups -OCH3 is 2. The van der Waals surface area contributed by atoms with E-state index in [2.05, 4.69) is 0 Å². The van der Waals surface area contributed by atoms with E-state index in [1.165, 1.54) is 31.8 Å². The monoisotopic (exact) mass is 197 g/mol. The summed E-state index contributed by atoms with van der Waals surface area (Å²) in [7, 11) is 2.96. The fourth-order valence-corrected chi connectivity index (χ4v) is 1.00. The number of hydrogen-bond acceptors (Lipinski definition) is 4. The maximum atomic E-state index is 11.1. The van der Waals surface area contributed by atoms with Crippen LogP contribution in [0.4, 0.5) is 0 Å². The zero-order valence-electron chi connectivity index (χ0n) is 7.90. The van der Waals surface area contributed by atoms with E-state index in [4.69, 9.17) is 14.7 Å². The van der Waals surface area contributed by atoms with Gasteiger partial charge in [-0.15, -0.1) is 0 Å². The van der Waals surface area contributed by atoms with Gasteiger partial charge in [0.2, 0.25) is 0 Å². The molecule has 1 aromatic carbocycles. The zero-order chi connectivity index (χ0) is 10.6. The molecule has 0 bridgehead atoms. The van der Waals surface area contributed by atoms with Crippen molar-refractivity contribution in [2.24, 2.45) is 0 Å². The maximum absolute atomic E-state index is 11.1. The van der Waals surface area contributed by atoms with Gasteiger partial charge < -0.3 is 9.47 Å². The molecular formula is C9H11NO4. The first-order chi connectivity index (χ1) is 6.71.